The van der Waals surface area contributed by atoms with E-state index in [1.54, 1.807) is 0 Å². The number of benzene rings is 1. The summed E-state index contributed by atoms with van der Waals surface area (Å²) >= 11 is 0. The summed E-state index contributed by atoms with van der Waals surface area (Å²) in [7, 11) is 0. The molecule has 2 heterocycles. The highest BCUT2D eigenvalue weighted by Crippen LogP contribution is 2.36. The van der Waals surface area contributed by atoms with E-state index in [4.69, 9.17) is 4.74 Å². The van der Waals surface area contributed by atoms with Crippen LogP contribution in [0.25, 0.3) is 0 Å². The van der Waals surface area contributed by atoms with E-state index in [-0.39, 0.29) is 6.10 Å². The normalized spacial score (nSPS) is 36.6. The first-order valence-corrected chi connectivity index (χ1v) is 10.1. The lowest BCUT2D eigenvalue weighted by atomic mass is 9.79. The zero-order valence-electron chi connectivity index (χ0n) is 15.5. The number of hydrogen-bond donors (Lipinski definition) is 2. The zero-order chi connectivity index (χ0) is 17.9. The van der Waals surface area contributed by atoms with Crippen molar-refractivity contribution in [1.29, 1.82) is 0 Å². The average Bonchev–Trinajstić information content (AvgIpc) is 2.86. The van der Waals surface area contributed by atoms with Gasteiger partial charge in [-0.2, -0.15) is 0 Å². The highest BCUT2D eigenvalue weighted by atomic mass is 16.5. The molecule has 0 bridgehead atoms. The summed E-state index contributed by atoms with van der Waals surface area (Å²) in [5.41, 5.74) is 1.36. The third-order valence-corrected chi connectivity index (χ3v) is 6.33. The third kappa shape index (κ3) is 4.46. The van der Waals surface area contributed by atoms with Gasteiger partial charge in [-0.3, -0.25) is 4.90 Å². The van der Waals surface area contributed by atoms with Crippen molar-refractivity contribution in [1.82, 2.24) is 9.80 Å². The van der Waals surface area contributed by atoms with Crippen LogP contribution in [0.1, 0.15) is 24.8 Å². The minimum absolute atomic E-state index is 0.246. The lowest BCUT2D eigenvalue weighted by Crippen LogP contribution is -2.39. The predicted octanol–water partition coefficient (Wildman–Crippen LogP) is 1.34. The van der Waals surface area contributed by atoms with Crippen LogP contribution in [0.15, 0.2) is 30.3 Å². The topological polar surface area (TPSA) is 56.2 Å². The Balaban J connectivity index is 1.31. The van der Waals surface area contributed by atoms with E-state index in [0.29, 0.717) is 11.8 Å². The highest BCUT2D eigenvalue weighted by molar-refractivity contribution is 5.14. The van der Waals surface area contributed by atoms with Crippen molar-refractivity contribution >= 4 is 0 Å². The Bertz CT molecular complexity index is 552. The smallest absolute Gasteiger partial charge is 0.0828 e. The van der Waals surface area contributed by atoms with Crippen LogP contribution in [0, 0.1) is 11.8 Å². The number of likely N-dealkylation sites (tertiary alicyclic amines) is 1. The van der Waals surface area contributed by atoms with Crippen LogP contribution < -0.4 is 0 Å². The Labute approximate surface area is 156 Å². The monoisotopic (exact) mass is 360 g/mol. The molecule has 1 aromatic rings. The molecule has 3 fully saturated rings. The first-order valence-electron chi connectivity index (χ1n) is 10.1. The maximum absolute atomic E-state index is 9.94. The Morgan fingerprint density at radius 3 is 2.31 bits per heavy atom. The summed E-state index contributed by atoms with van der Waals surface area (Å²) in [4.78, 5) is 5.01. The molecule has 5 nitrogen and oxygen atoms in total. The molecular formula is C21H32N2O3. The van der Waals surface area contributed by atoms with Crippen LogP contribution in [0.5, 0.6) is 0 Å². The fraction of sp³-hybridized carbons (Fsp3) is 0.714. The molecule has 0 radical (unpaired) electrons. The van der Waals surface area contributed by atoms with E-state index in [9.17, 15) is 10.2 Å². The predicted molar refractivity (Wildman–Crippen MR) is 101 cm³/mol. The highest BCUT2D eigenvalue weighted by Gasteiger charge is 2.41. The summed E-state index contributed by atoms with van der Waals surface area (Å²) in [5, 5.41) is 19.9. The second-order valence-corrected chi connectivity index (χ2v) is 8.41. The first kappa shape index (κ1) is 18.4. The Kier molecular flexibility index (Phi) is 5.91. The molecular weight excluding hydrogens is 328 g/mol. The number of rotatable bonds is 4. The molecule has 0 spiro atoms. The van der Waals surface area contributed by atoms with Gasteiger partial charge in [-0.15, -0.1) is 0 Å². The second kappa shape index (κ2) is 8.36. The Morgan fingerprint density at radius 1 is 0.923 bits per heavy atom. The molecule has 1 saturated carbocycles. The molecule has 5 heteroatoms. The third-order valence-electron chi connectivity index (χ3n) is 6.33. The summed E-state index contributed by atoms with van der Waals surface area (Å²) in [6.07, 6.45) is 1.75. The van der Waals surface area contributed by atoms with Crippen molar-refractivity contribution in [2.45, 2.75) is 44.1 Å². The lowest BCUT2D eigenvalue weighted by molar-refractivity contribution is -0.0372. The summed E-state index contributed by atoms with van der Waals surface area (Å²) < 4.78 is 6.15. The zero-order valence-corrected chi connectivity index (χ0v) is 15.5. The molecule has 1 aliphatic carbocycles. The molecule has 4 rings (SSSR count). The van der Waals surface area contributed by atoms with E-state index in [2.05, 4.69) is 40.1 Å². The summed E-state index contributed by atoms with van der Waals surface area (Å²) in [6.45, 7) is 6.93. The van der Waals surface area contributed by atoms with E-state index in [1.807, 2.05) is 0 Å². The fourth-order valence-corrected chi connectivity index (χ4v) is 5.01. The van der Waals surface area contributed by atoms with Gasteiger partial charge < -0.3 is 19.8 Å². The average molecular weight is 360 g/mol. The van der Waals surface area contributed by atoms with Crippen LogP contribution in [-0.2, 0) is 11.3 Å². The van der Waals surface area contributed by atoms with E-state index >= 15 is 0 Å². The van der Waals surface area contributed by atoms with Crippen molar-refractivity contribution in [3.63, 3.8) is 0 Å². The molecule has 3 aliphatic rings. The number of aliphatic hydroxyl groups excluding tert-OH is 2. The molecule has 2 saturated heterocycles. The van der Waals surface area contributed by atoms with Crippen molar-refractivity contribution in [2.24, 2.45) is 11.8 Å². The van der Waals surface area contributed by atoms with Crippen LogP contribution >= 0.6 is 0 Å². The SMILES string of the molecule is O[C@@H]1C[C@H]2CN(CC3CN(Cc4ccccc4)CCCO3)C[C@H]2C[C@@H]1O. The van der Waals surface area contributed by atoms with Gasteiger partial charge in [-0.05, 0) is 36.7 Å². The minimum atomic E-state index is -0.535. The molecule has 0 amide bonds. The van der Waals surface area contributed by atoms with Gasteiger partial charge in [-0.1, -0.05) is 30.3 Å². The van der Waals surface area contributed by atoms with Crippen molar-refractivity contribution in [3.05, 3.63) is 35.9 Å². The van der Waals surface area contributed by atoms with Gasteiger partial charge in [-0.25, -0.2) is 0 Å². The van der Waals surface area contributed by atoms with Gasteiger partial charge in [0.2, 0.25) is 0 Å². The summed E-state index contributed by atoms with van der Waals surface area (Å²) in [5.74, 6) is 1.05. The van der Waals surface area contributed by atoms with Crippen molar-refractivity contribution < 1.29 is 14.9 Å². The van der Waals surface area contributed by atoms with E-state index in [1.165, 1.54) is 5.56 Å². The van der Waals surface area contributed by atoms with Crippen LogP contribution in [0.4, 0.5) is 0 Å². The summed E-state index contributed by atoms with van der Waals surface area (Å²) in [6, 6.07) is 10.7. The van der Waals surface area contributed by atoms with Gasteiger partial charge in [0.15, 0.2) is 0 Å². The largest absolute Gasteiger partial charge is 0.390 e. The van der Waals surface area contributed by atoms with Crippen LogP contribution in [0.3, 0.4) is 0 Å². The van der Waals surface area contributed by atoms with Crippen molar-refractivity contribution in [2.75, 3.05) is 39.3 Å². The lowest BCUT2D eigenvalue weighted by Gasteiger charge is -2.32. The number of nitrogens with zero attached hydrogens (tertiary/aromatic N) is 2. The first-order chi connectivity index (χ1) is 12.7. The second-order valence-electron chi connectivity index (χ2n) is 8.41. The molecule has 1 aromatic carbocycles. The number of fused-ring (bicyclic) bond motifs is 1. The fourth-order valence-electron chi connectivity index (χ4n) is 5.01. The van der Waals surface area contributed by atoms with Crippen molar-refractivity contribution in [3.8, 4) is 0 Å². The molecule has 2 N–H and O–H groups in total. The van der Waals surface area contributed by atoms with Gasteiger partial charge in [0.05, 0.1) is 18.3 Å². The van der Waals surface area contributed by atoms with E-state index in [0.717, 1.165) is 65.1 Å². The van der Waals surface area contributed by atoms with E-state index < -0.39 is 12.2 Å². The van der Waals surface area contributed by atoms with Gasteiger partial charge in [0, 0.05) is 45.9 Å². The number of aliphatic hydroxyl groups is 2. The minimum Gasteiger partial charge on any atom is -0.390 e. The number of hydrogen-bond acceptors (Lipinski definition) is 5. The van der Waals surface area contributed by atoms with Crippen LogP contribution in [0.2, 0.25) is 0 Å². The maximum atomic E-state index is 9.94. The van der Waals surface area contributed by atoms with Crippen LogP contribution in [-0.4, -0.2) is 77.7 Å². The molecule has 26 heavy (non-hydrogen) atoms. The standard InChI is InChI=1S/C21H32N2O3/c24-20-9-17-12-23(13-18(17)10-21(20)25)15-19-14-22(7-4-8-26-19)11-16-5-2-1-3-6-16/h1-3,5-6,17-21,24-25H,4,7-15H2/t17-,18+,19?,20+,21-. The Hall–Kier alpha value is -0.980. The van der Waals surface area contributed by atoms with Gasteiger partial charge >= 0.3 is 0 Å². The molecule has 2 aliphatic heterocycles. The quantitative estimate of drug-likeness (QED) is 0.849. The molecule has 144 valence electrons. The maximum Gasteiger partial charge on any atom is 0.0828 e. The Morgan fingerprint density at radius 2 is 1.62 bits per heavy atom. The number of ether oxygens (including phenoxy) is 1. The van der Waals surface area contributed by atoms with Gasteiger partial charge in [0.1, 0.15) is 0 Å². The molecule has 5 atom stereocenters. The molecule has 0 aromatic heterocycles. The molecule has 1 unspecified atom stereocenters. The van der Waals surface area contributed by atoms with Gasteiger partial charge in [0.25, 0.3) is 0 Å².